The van der Waals surface area contributed by atoms with Crippen LogP contribution < -0.4 is 4.74 Å². The molecule has 0 fully saturated rings. The van der Waals surface area contributed by atoms with Crippen molar-refractivity contribution in [1.82, 2.24) is 25.6 Å². The fourth-order valence-corrected chi connectivity index (χ4v) is 3.97. The molecule has 0 atom stereocenters. The lowest BCUT2D eigenvalue weighted by molar-refractivity contribution is 0.0525. The molecule has 0 aliphatic heterocycles. The van der Waals surface area contributed by atoms with Crippen molar-refractivity contribution in [2.75, 3.05) is 13.7 Å². The number of ether oxygens (including phenoxy) is 2. The highest BCUT2D eigenvalue weighted by molar-refractivity contribution is 6.00. The van der Waals surface area contributed by atoms with Crippen molar-refractivity contribution in [3.63, 3.8) is 0 Å². The van der Waals surface area contributed by atoms with E-state index in [-0.39, 0.29) is 6.61 Å². The van der Waals surface area contributed by atoms with E-state index < -0.39 is 5.97 Å². The molecule has 8 heteroatoms. The van der Waals surface area contributed by atoms with Crippen LogP contribution in [0.3, 0.4) is 0 Å². The molecule has 0 amide bonds. The molecule has 2 aromatic carbocycles. The van der Waals surface area contributed by atoms with E-state index in [4.69, 9.17) is 9.47 Å². The van der Waals surface area contributed by atoms with Gasteiger partial charge in [0.2, 0.25) is 5.82 Å². The second-order valence-corrected chi connectivity index (χ2v) is 7.36. The summed E-state index contributed by atoms with van der Waals surface area (Å²) in [4.78, 5) is 17.5. The molecule has 168 valence electrons. The Hall–Kier alpha value is -4.07. The van der Waals surface area contributed by atoms with Crippen LogP contribution in [0.4, 0.5) is 0 Å². The first-order valence-corrected chi connectivity index (χ1v) is 10.8. The fourth-order valence-electron chi connectivity index (χ4n) is 3.97. The minimum absolute atomic E-state index is 0.281. The number of tetrazole rings is 1. The lowest BCUT2D eigenvalue weighted by Gasteiger charge is -2.18. The zero-order valence-corrected chi connectivity index (χ0v) is 19.0. The molecular weight excluding hydrogens is 418 g/mol. The van der Waals surface area contributed by atoms with Gasteiger partial charge < -0.3 is 9.47 Å². The number of nitrogens with one attached hydrogen (secondary N) is 1. The summed E-state index contributed by atoms with van der Waals surface area (Å²) >= 11 is 0. The first-order valence-electron chi connectivity index (χ1n) is 10.8. The molecule has 8 nitrogen and oxygen atoms in total. The quantitative estimate of drug-likeness (QED) is 0.415. The van der Waals surface area contributed by atoms with Crippen molar-refractivity contribution in [3.05, 3.63) is 65.5 Å². The normalized spacial score (nSPS) is 10.8. The Bertz CT molecular complexity index is 1270. The van der Waals surface area contributed by atoms with Gasteiger partial charge in [-0.15, -0.1) is 10.2 Å². The molecule has 0 bridgehead atoms. The van der Waals surface area contributed by atoms with E-state index in [2.05, 4.69) is 25.6 Å². The third-order valence-electron chi connectivity index (χ3n) is 5.41. The van der Waals surface area contributed by atoms with Gasteiger partial charge in [0.25, 0.3) is 0 Å². The van der Waals surface area contributed by atoms with Gasteiger partial charge in [-0.3, -0.25) is 4.98 Å². The van der Waals surface area contributed by atoms with Gasteiger partial charge in [0.05, 0.1) is 30.7 Å². The predicted molar refractivity (Wildman–Crippen MR) is 125 cm³/mol. The van der Waals surface area contributed by atoms with Gasteiger partial charge >= 0.3 is 5.97 Å². The van der Waals surface area contributed by atoms with Crippen molar-refractivity contribution in [3.8, 4) is 39.4 Å². The number of rotatable bonds is 7. The zero-order valence-electron chi connectivity index (χ0n) is 19.0. The molecule has 1 N–H and O–H groups in total. The summed E-state index contributed by atoms with van der Waals surface area (Å²) in [6.07, 6.45) is 0.599. The van der Waals surface area contributed by atoms with Gasteiger partial charge in [-0.2, -0.15) is 5.21 Å². The molecule has 0 aliphatic rings. The van der Waals surface area contributed by atoms with Crippen molar-refractivity contribution < 1.29 is 14.3 Å². The molecule has 0 radical (unpaired) electrons. The Balaban J connectivity index is 1.86. The zero-order chi connectivity index (χ0) is 23.4. The van der Waals surface area contributed by atoms with Crippen LogP contribution in [0.5, 0.6) is 5.75 Å². The van der Waals surface area contributed by atoms with Crippen LogP contribution >= 0.6 is 0 Å². The van der Waals surface area contributed by atoms with Crippen LogP contribution in [0.1, 0.15) is 35.6 Å². The first-order chi connectivity index (χ1) is 16.1. The van der Waals surface area contributed by atoms with Gasteiger partial charge in [0.15, 0.2) is 0 Å². The van der Waals surface area contributed by atoms with Gasteiger partial charge in [0.1, 0.15) is 5.75 Å². The van der Waals surface area contributed by atoms with Crippen LogP contribution in [0.15, 0.2) is 48.5 Å². The van der Waals surface area contributed by atoms with Crippen LogP contribution in [-0.2, 0) is 11.2 Å². The predicted octanol–water partition coefficient (Wildman–Crippen LogP) is 4.65. The average Bonchev–Trinajstić information content (AvgIpc) is 3.38. The number of esters is 1. The minimum Gasteiger partial charge on any atom is -0.494 e. The van der Waals surface area contributed by atoms with E-state index >= 15 is 0 Å². The largest absolute Gasteiger partial charge is 0.494 e. The van der Waals surface area contributed by atoms with E-state index in [1.54, 1.807) is 14.0 Å². The summed E-state index contributed by atoms with van der Waals surface area (Å²) in [5.74, 6) is 0.690. The van der Waals surface area contributed by atoms with Gasteiger partial charge in [-0.25, -0.2) is 4.79 Å². The van der Waals surface area contributed by atoms with Crippen LogP contribution in [0.2, 0.25) is 0 Å². The molecule has 4 aromatic rings. The molecule has 0 saturated carbocycles. The number of aromatic nitrogens is 5. The lowest BCUT2D eigenvalue weighted by Crippen LogP contribution is -2.13. The SMILES string of the molecule is CCOC(=O)c1c(CC)nc(C)c(OC)c1-c1ccc(-c2ccccc2-c2nn[nH]n2)cc1. The number of benzene rings is 2. The maximum Gasteiger partial charge on any atom is 0.340 e. The van der Waals surface area contributed by atoms with Gasteiger partial charge in [0, 0.05) is 11.1 Å². The number of carbonyl (C=O) groups excluding carboxylic acids is 1. The highest BCUT2D eigenvalue weighted by atomic mass is 16.5. The number of nitrogens with zero attached hydrogens (tertiary/aromatic N) is 4. The summed E-state index contributed by atoms with van der Waals surface area (Å²) in [6.45, 7) is 5.92. The number of pyridine rings is 1. The van der Waals surface area contributed by atoms with Crippen molar-refractivity contribution in [1.29, 1.82) is 0 Å². The number of aromatic amines is 1. The van der Waals surface area contributed by atoms with E-state index in [0.29, 0.717) is 34.8 Å². The maximum atomic E-state index is 12.9. The number of aryl methyl sites for hydroxylation is 2. The molecule has 4 rings (SSSR count). The maximum absolute atomic E-state index is 12.9. The second-order valence-electron chi connectivity index (χ2n) is 7.36. The van der Waals surface area contributed by atoms with Crippen molar-refractivity contribution in [2.24, 2.45) is 0 Å². The van der Waals surface area contributed by atoms with Crippen molar-refractivity contribution in [2.45, 2.75) is 27.2 Å². The average molecular weight is 444 g/mol. The number of methoxy groups -OCH3 is 1. The van der Waals surface area contributed by atoms with E-state index in [9.17, 15) is 4.79 Å². The topological polar surface area (TPSA) is 103 Å². The van der Waals surface area contributed by atoms with Crippen molar-refractivity contribution >= 4 is 5.97 Å². The molecule has 33 heavy (non-hydrogen) atoms. The summed E-state index contributed by atoms with van der Waals surface area (Å²) in [6, 6.07) is 15.8. The number of H-pyrrole nitrogens is 1. The third-order valence-corrected chi connectivity index (χ3v) is 5.41. The monoisotopic (exact) mass is 443 g/mol. The summed E-state index contributed by atoms with van der Waals surface area (Å²) in [5.41, 5.74) is 6.23. The molecule has 2 heterocycles. The van der Waals surface area contributed by atoms with Gasteiger partial charge in [-0.05, 0) is 42.2 Å². The molecule has 0 unspecified atom stereocenters. The lowest BCUT2D eigenvalue weighted by atomic mass is 9.93. The standard InChI is InChI=1S/C25H25N5O3/c1-5-20-22(25(31)33-6-2)21(23(32-4)15(3)26-20)17-13-11-16(12-14-17)18-9-7-8-10-19(18)24-27-29-30-28-24/h7-14H,5-6H2,1-4H3,(H,27,28,29,30). The molecule has 2 aromatic heterocycles. The molecular formula is C25H25N5O3. The van der Waals surface area contributed by atoms with Crippen LogP contribution in [0.25, 0.3) is 33.6 Å². The van der Waals surface area contributed by atoms with Gasteiger partial charge in [-0.1, -0.05) is 55.5 Å². The van der Waals surface area contributed by atoms with Crippen LogP contribution in [-0.4, -0.2) is 45.3 Å². The summed E-state index contributed by atoms with van der Waals surface area (Å²) in [5, 5.41) is 14.4. The molecule has 0 aliphatic carbocycles. The highest BCUT2D eigenvalue weighted by Gasteiger charge is 2.25. The summed E-state index contributed by atoms with van der Waals surface area (Å²) in [7, 11) is 1.59. The smallest absolute Gasteiger partial charge is 0.340 e. The molecule has 0 saturated heterocycles. The van der Waals surface area contributed by atoms with E-state index in [0.717, 1.165) is 27.9 Å². The third kappa shape index (κ3) is 4.19. The Morgan fingerprint density at radius 1 is 1.00 bits per heavy atom. The second kappa shape index (κ2) is 9.60. The minimum atomic E-state index is -0.401. The highest BCUT2D eigenvalue weighted by Crippen LogP contribution is 2.39. The number of hydrogen-bond acceptors (Lipinski definition) is 7. The van der Waals surface area contributed by atoms with E-state index in [1.807, 2.05) is 62.4 Å². The Labute approximate surface area is 192 Å². The fraction of sp³-hybridized carbons (Fsp3) is 0.240. The molecule has 0 spiro atoms. The number of carbonyl (C=O) groups is 1. The summed E-state index contributed by atoms with van der Waals surface area (Å²) < 4.78 is 11.0. The Kier molecular flexibility index (Phi) is 6.44. The Morgan fingerprint density at radius 2 is 1.70 bits per heavy atom. The first kappa shape index (κ1) is 22.1. The van der Waals surface area contributed by atoms with E-state index in [1.165, 1.54) is 0 Å². The van der Waals surface area contributed by atoms with Crippen LogP contribution in [0, 0.1) is 6.92 Å². The number of hydrogen-bond donors (Lipinski definition) is 1. The Morgan fingerprint density at radius 3 is 2.30 bits per heavy atom.